The first-order chi connectivity index (χ1) is 11.4. The summed E-state index contributed by atoms with van der Waals surface area (Å²) in [6, 6.07) is 8.16. The van der Waals surface area contributed by atoms with Gasteiger partial charge in [-0.25, -0.2) is 9.97 Å². The Bertz CT molecular complexity index is 746. The summed E-state index contributed by atoms with van der Waals surface area (Å²) in [4.78, 5) is 23.3. The Morgan fingerprint density at radius 1 is 1.33 bits per heavy atom. The number of thioether (sulfide) groups is 1. The van der Waals surface area contributed by atoms with Gasteiger partial charge in [-0.15, -0.1) is 0 Å². The van der Waals surface area contributed by atoms with E-state index in [-0.39, 0.29) is 11.4 Å². The molecule has 0 spiro atoms. The smallest absolute Gasteiger partial charge is 0.237 e. The second-order valence-electron chi connectivity index (χ2n) is 7.03. The zero-order chi connectivity index (χ0) is 17.3. The molecule has 0 saturated heterocycles. The van der Waals surface area contributed by atoms with E-state index < -0.39 is 0 Å². The van der Waals surface area contributed by atoms with Gasteiger partial charge in [-0.2, -0.15) is 0 Å². The highest BCUT2D eigenvalue weighted by Gasteiger charge is 2.39. The van der Waals surface area contributed by atoms with Gasteiger partial charge in [0.2, 0.25) is 5.91 Å². The molecule has 0 N–H and O–H groups in total. The Labute approximate surface area is 147 Å². The average Bonchev–Trinajstić information content (AvgIpc) is 2.54. The fraction of sp³-hybridized carbons (Fsp3) is 0.421. The first-order valence-corrected chi connectivity index (χ1v) is 9.20. The molecule has 0 radical (unpaired) electrons. The molecule has 0 bridgehead atoms. The summed E-state index contributed by atoms with van der Waals surface area (Å²) in [6.45, 7) is 8.64. The number of aromatic nitrogens is 2. The van der Waals surface area contributed by atoms with Crippen LogP contribution in [-0.2, 0) is 4.79 Å². The van der Waals surface area contributed by atoms with Crippen LogP contribution in [0.15, 0.2) is 41.8 Å². The van der Waals surface area contributed by atoms with Gasteiger partial charge in [-0.1, -0.05) is 36.4 Å². The molecule has 5 heteroatoms. The van der Waals surface area contributed by atoms with E-state index in [4.69, 9.17) is 0 Å². The first-order valence-electron chi connectivity index (χ1n) is 8.22. The highest BCUT2D eigenvalue weighted by molar-refractivity contribution is 7.99. The van der Waals surface area contributed by atoms with Gasteiger partial charge in [-0.3, -0.25) is 4.79 Å². The van der Waals surface area contributed by atoms with Crippen LogP contribution in [0, 0.1) is 6.92 Å². The van der Waals surface area contributed by atoms with Crippen LogP contribution < -0.4 is 4.90 Å². The Morgan fingerprint density at radius 3 is 2.75 bits per heavy atom. The average molecular weight is 341 g/mol. The van der Waals surface area contributed by atoms with E-state index in [9.17, 15) is 4.79 Å². The molecule has 0 saturated carbocycles. The third-order valence-corrected chi connectivity index (χ3v) is 5.34. The molecule has 1 aliphatic rings. The fourth-order valence-electron chi connectivity index (χ4n) is 3.57. The van der Waals surface area contributed by atoms with Crippen LogP contribution in [0.25, 0.3) is 0 Å². The van der Waals surface area contributed by atoms with Crippen molar-refractivity contribution in [2.75, 3.05) is 10.7 Å². The number of hydrogen-bond acceptors (Lipinski definition) is 4. The predicted octanol–water partition coefficient (Wildman–Crippen LogP) is 4.20. The van der Waals surface area contributed by atoms with Gasteiger partial charge < -0.3 is 4.90 Å². The zero-order valence-electron chi connectivity index (χ0n) is 14.6. The summed E-state index contributed by atoms with van der Waals surface area (Å²) in [5.41, 5.74) is 3.35. The van der Waals surface area contributed by atoms with Crippen LogP contribution in [0.2, 0.25) is 0 Å². The summed E-state index contributed by atoms with van der Waals surface area (Å²) in [5.74, 6) is 0.897. The van der Waals surface area contributed by atoms with Crippen LogP contribution in [-0.4, -0.2) is 27.2 Å². The van der Waals surface area contributed by atoms with Crippen molar-refractivity contribution in [2.24, 2.45) is 0 Å². The number of nitrogens with zero attached hydrogens (tertiary/aromatic N) is 3. The molecule has 0 unspecified atom stereocenters. The van der Waals surface area contributed by atoms with Crippen molar-refractivity contribution in [1.82, 2.24) is 9.97 Å². The summed E-state index contributed by atoms with van der Waals surface area (Å²) in [7, 11) is 0. The van der Waals surface area contributed by atoms with Gasteiger partial charge in [0.05, 0.1) is 5.75 Å². The lowest BCUT2D eigenvalue weighted by atomic mass is 9.79. The standard InChI is InChI=1S/C19H23N3OS/c1-13-6-7-16-15(10-13)14(2)11-19(3,4)22(16)17(23)12-24-18-20-8-5-9-21-18/h5-10,14H,11-12H2,1-4H3/t14-/m1/s1. The van der Waals surface area contributed by atoms with Gasteiger partial charge in [0.15, 0.2) is 5.16 Å². The molecule has 3 rings (SSSR count). The maximum absolute atomic E-state index is 13.0. The predicted molar refractivity (Wildman–Crippen MR) is 98.5 cm³/mol. The molecule has 1 aliphatic heterocycles. The van der Waals surface area contributed by atoms with Crippen LogP contribution in [0.1, 0.15) is 44.2 Å². The third-order valence-electron chi connectivity index (χ3n) is 4.48. The summed E-state index contributed by atoms with van der Waals surface area (Å²) in [5, 5.41) is 0.637. The number of carbonyl (C=O) groups excluding carboxylic acids is 1. The molecule has 1 atom stereocenters. The number of anilines is 1. The molecule has 0 aliphatic carbocycles. The minimum Gasteiger partial charge on any atom is -0.306 e. The maximum atomic E-state index is 13.0. The van der Waals surface area contributed by atoms with Crippen molar-refractivity contribution in [1.29, 1.82) is 0 Å². The molecule has 1 amide bonds. The van der Waals surface area contributed by atoms with Crippen molar-refractivity contribution < 1.29 is 4.79 Å². The third kappa shape index (κ3) is 3.31. The molecule has 2 heterocycles. The van der Waals surface area contributed by atoms with Crippen molar-refractivity contribution >= 4 is 23.4 Å². The number of amides is 1. The Kier molecular flexibility index (Phi) is 4.63. The van der Waals surface area contributed by atoms with Crippen molar-refractivity contribution in [2.45, 2.75) is 50.7 Å². The minimum atomic E-state index is -0.198. The quantitative estimate of drug-likeness (QED) is 0.620. The van der Waals surface area contributed by atoms with Crippen LogP contribution in [0.3, 0.4) is 0 Å². The molecule has 1 aromatic carbocycles. The summed E-state index contributed by atoms with van der Waals surface area (Å²) in [6.07, 6.45) is 4.36. The van der Waals surface area contributed by atoms with Gasteiger partial charge >= 0.3 is 0 Å². The van der Waals surface area contributed by atoms with E-state index in [1.807, 2.05) is 4.90 Å². The molecule has 126 valence electrons. The van der Waals surface area contributed by atoms with E-state index in [2.05, 4.69) is 55.9 Å². The zero-order valence-corrected chi connectivity index (χ0v) is 15.4. The van der Waals surface area contributed by atoms with Crippen molar-refractivity contribution in [3.8, 4) is 0 Å². The lowest BCUT2D eigenvalue weighted by Crippen LogP contribution is -2.52. The Morgan fingerprint density at radius 2 is 2.04 bits per heavy atom. The molecule has 2 aromatic rings. The molecular formula is C19H23N3OS. The lowest BCUT2D eigenvalue weighted by Gasteiger charge is -2.46. The van der Waals surface area contributed by atoms with E-state index >= 15 is 0 Å². The second kappa shape index (κ2) is 6.55. The number of carbonyl (C=O) groups is 1. The fourth-order valence-corrected chi connectivity index (χ4v) is 4.22. The maximum Gasteiger partial charge on any atom is 0.237 e. The second-order valence-corrected chi connectivity index (χ2v) is 7.97. The molecule has 1 aromatic heterocycles. The number of rotatable bonds is 3. The number of benzene rings is 1. The molecule has 0 fully saturated rings. The highest BCUT2D eigenvalue weighted by Crippen LogP contribution is 2.43. The van der Waals surface area contributed by atoms with Crippen molar-refractivity contribution in [3.63, 3.8) is 0 Å². The first kappa shape index (κ1) is 17.0. The largest absolute Gasteiger partial charge is 0.306 e. The van der Waals surface area contributed by atoms with E-state index in [0.717, 1.165) is 12.1 Å². The highest BCUT2D eigenvalue weighted by atomic mass is 32.2. The Balaban J connectivity index is 1.87. The van der Waals surface area contributed by atoms with Crippen LogP contribution in [0.4, 0.5) is 5.69 Å². The topological polar surface area (TPSA) is 46.1 Å². The van der Waals surface area contributed by atoms with Crippen LogP contribution in [0.5, 0.6) is 0 Å². The molecule has 4 nitrogen and oxygen atoms in total. The molecular weight excluding hydrogens is 318 g/mol. The monoisotopic (exact) mass is 341 g/mol. The minimum absolute atomic E-state index is 0.106. The van der Waals surface area contributed by atoms with E-state index in [0.29, 0.717) is 16.8 Å². The van der Waals surface area contributed by atoms with Gasteiger partial charge in [0.1, 0.15) is 0 Å². The summed E-state index contributed by atoms with van der Waals surface area (Å²) >= 11 is 1.39. The number of fused-ring (bicyclic) bond motifs is 1. The van der Waals surface area contributed by atoms with Crippen LogP contribution >= 0.6 is 11.8 Å². The van der Waals surface area contributed by atoms with E-state index in [1.165, 1.54) is 22.9 Å². The normalized spacial score (nSPS) is 19.0. The molecule has 24 heavy (non-hydrogen) atoms. The van der Waals surface area contributed by atoms with Crippen molar-refractivity contribution in [3.05, 3.63) is 47.8 Å². The van der Waals surface area contributed by atoms with Gasteiger partial charge in [0.25, 0.3) is 0 Å². The number of aryl methyl sites for hydroxylation is 1. The van der Waals surface area contributed by atoms with Gasteiger partial charge in [-0.05, 0) is 50.8 Å². The lowest BCUT2D eigenvalue weighted by molar-refractivity contribution is -0.117. The van der Waals surface area contributed by atoms with Gasteiger partial charge in [0, 0.05) is 23.6 Å². The number of hydrogen-bond donors (Lipinski definition) is 0. The Hall–Kier alpha value is -1.88. The van der Waals surface area contributed by atoms with E-state index in [1.54, 1.807) is 18.5 Å². The summed E-state index contributed by atoms with van der Waals surface area (Å²) < 4.78 is 0. The SMILES string of the molecule is Cc1ccc2c(c1)[C@H](C)CC(C)(C)N2C(=O)CSc1ncccn1.